The summed E-state index contributed by atoms with van der Waals surface area (Å²) in [6.45, 7) is 8.77. The van der Waals surface area contributed by atoms with Gasteiger partial charge in [0.1, 0.15) is 0 Å². The highest BCUT2D eigenvalue weighted by Crippen LogP contribution is 2.24. The van der Waals surface area contributed by atoms with E-state index in [0.29, 0.717) is 6.04 Å². The van der Waals surface area contributed by atoms with Crippen LogP contribution in [0.5, 0.6) is 0 Å². The highest BCUT2D eigenvalue weighted by Gasteiger charge is 2.07. The first kappa shape index (κ1) is 14.6. The van der Waals surface area contributed by atoms with E-state index >= 15 is 0 Å². The predicted octanol–water partition coefficient (Wildman–Crippen LogP) is 5.43. The Labute approximate surface area is 123 Å². The molecule has 0 spiro atoms. The molecule has 0 saturated heterocycles. The van der Waals surface area contributed by atoms with E-state index in [4.69, 9.17) is 0 Å². The molecule has 1 heteroatoms. The molecule has 1 unspecified atom stereocenters. The zero-order valence-electron chi connectivity index (χ0n) is 13.0. The third-order valence-corrected chi connectivity index (χ3v) is 4.00. The van der Waals surface area contributed by atoms with Crippen molar-refractivity contribution in [3.63, 3.8) is 0 Å². The van der Waals surface area contributed by atoms with E-state index in [9.17, 15) is 0 Å². The van der Waals surface area contributed by atoms with Crippen molar-refractivity contribution in [2.45, 2.75) is 46.6 Å². The minimum absolute atomic E-state index is 0.325. The second-order valence-corrected chi connectivity index (χ2v) is 5.61. The lowest BCUT2D eigenvalue weighted by molar-refractivity contribution is 0.874. The molecule has 1 atom stereocenters. The van der Waals surface area contributed by atoms with E-state index in [1.165, 1.54) is 40.8 Å². The lowest BCUT2D eigenvalue weighted by atomic mass is 10.0. The number of benzene rings is 2. The fraction of sp³-hybridized carbons (Fsp3) is 0.368. The van der Waals surface area contributed by atoms with E-state index in [1.807, 2.05) is 0 Å². The molecule has 106 valence electrons. The summed E-state index contributed by atoms with van der Waals surface area (Å²) in [4.78, 5) is 0. The standard InChI is InChI=1S/C19H25N/c1-5-7-17-10-12-18(13-11-17)16(4)20-19-9-6-8-14(2)15(19)3/h6,8-13,16,20H,5,7H2,1-4H3. The smallest absolute Gasteiger partial charge is 0.0485 e. The summed E-state index contributed by atoms with van der Waals surface area (Å²) in [5.41, 5.74) is 6.67. The molecule has 2 aromatic carbocycles. The molecule has 0 heterocycles. The van der Waals surface area contributed by atoms with Crippen LogP contribution in [0, 0.1) is 13.8 Å². The molecule has 0 saturated carbocycles. The summed E-state index contributed by atoms with van der Waals surface area (Å²) >= 11 is 0. The van der Waals surface area contributed by atoms with Crippen LogP contribution in [0.3, 0.4) is 0 Å². The van der Waals surface area contributed by atoms with Crippen LogP contribution < -0.4 is 5.32 Å². The quantitative estimate of drug-likeness (QED) is 0.761. The Balaban J connectivity index is 2.11. The maximum absolute atomic E-state index is 3.62. The summed E-state index contributed by atoms with van der Waals surface area (Å²) in [6.07, 6.45) is 2.37. The van der Waals surface area contributed by atoms with Gasteiger partial charge in [-0.05, 0) is 55.5 Å². The number of anilines is 1. The van der Waals surface area contributed by atoms with Crippen molar-refractivity contribution >= 4 is 5.69 Å². The molecule has 20 heavy (non-hydrogen) atoms. The molecule has 0 bridgehead atoms. The lowest BCUT2D eigenvalue weighted by Crippen LogP contribution is -2.08. The van der Waals surface area contributed by atoms with Crippen LogP contribution in [0.4, 0.5) is 5.69 Å². The first-order chi connectivity index (χ1) is 9.61. The van der Waals surface area contributed by atoms with E-state index in [1.54, 1.807) is 0 Å². The van der Waals surface area contributed by atoms with Crippen LogP contribution in [0.15, 0.2) is 42.5 Å². The van der Waals surface area contributed by atoms with Crippen molar-refractivity contribution in [2.24, 2.45) is 0 Å². The number of hydrogen-bond acceptors (Lipinski definition) is 1. The van der Waals surface area contributed by atoms with Gasteiger partial charge in [-0.2, -0.15) is 0 Å². The highest BCUT2D eigenvalue weighted by molar-refractivity contribution is 5.54. The van der Waals surface area contributed by atoms with E-state index in [2.05, 4.69) is 75.5 Å². The monoisotopic (exact) mass is 267 g/mol. The average Bonchev–Trinajstić information content (AvgIpc) is 2.45. The summed E-state index contributed by atoms with van der Waals surface area (Å²) in [6, 6.07) is 15.7. The largest absolute Gasteiger partial charge is 0.378 e. The Morgan fingerprint density at radius 1 is 1.00 bits per heavy atom. The molecule has 0 aliphatic carbocycles. The van der Waals surface area contributed by atoms with Gasteiger partial charge in [0.25, 0.3) is 0 Å². The van der Waals surface area contributed by atoms with Gasteiger partial charge in [0.2, 0.25) is 0 Å². The van der Waals surface area contributed by atoms with Crippen molar-refractivity contribution in [3.05, 3.63) is 64.7 Å². The summed E-state index contributed by atoms with van der Waals surface area (Å²) < 4.78 is 0. The van der Waals surface area contributed by atoms with Crippen molar-refractivity contribution in [2.75, 3.05) is 5.32 Å². The van der Waals surface area contributed by atoms with Gasteiger partial charge < -0.3 is 5.32 Å². The van der Waals surface area contributed by atoms with Gasteiger partial charge in [0.15, 0.2) is 0 Å². The molecule has 0 aliphatic heterocycles. The van der Waals surface area contributed by atoms with Gasteiger partial charge in [-0.25, -0.2) is 0 Å². The third kappa shape index (κ3) is 3.41. The Bertz CT molecular complexity index is 554. The van der Waals surface area contributed by atoms with Gasteiger partial charge in [-0.15, -0.1) is 0 Å². The summed E-state index contributed by atoms with van der Waals surface area (Å²) in [5, 5.41) is 3.62. The van der Waals surface area contributed by atoms with E-state index in [0.717, 1.165) is 0 Å². The Morgan fingerprint density at radius 3 is 2.35 bits per heavy atom. The molecule has 0 aliphatic rings. The Morgan fingerprint density at radius 2 is 1.70 bits per heavy atom. The topological polar surface area (TPSA) is 12.0 Å². The zero-order chi connectivity index (χ0) is 14.5. The number of rotatable bonds is 5. The van der Waals surface area contributed by atoms with Crippen LogP contribution in [0.1, 0.15) is 48.6 Å². The molecule has 2 aromatic rings. The fourth-order valence-corrected chi connectivity index (χ4v) is 2.49. The molecule has 0 radical (unpaired) electrons. The fourth-order valence-electron chi connectivity index (χ4n) is 2.49. The molecule has 0 fully saturated rings. The van der Waals surface area contributed by atoms with Crippen molar-refractivity contribution in [1.82, 2.24) is 0 Å². The normalized spacial score (nSPS) is 12.2. The zero-order valence-corrected chi connectivity index (χ0v) is 13.0. The molecular formula is C19H25N. The van der Waals surface area contributed by atoms with Crippen LogP contribution in [-0.4, -0.2) is 0 Å². The second kappa shape index (κ2) is 6.60. The summed E-state index contributed by atoms with van der Waals surface area (Å²) in [7, 11) is 0. The van der Waals surface area contributed by atoms with Gasteiger partial charge >= 0.3 is 0 Å². The van der Waals surface area contributed by atoms with Gasteiger partial charge in [-0.3, -0.25) is 0 Å². The SMILES string of the molecule is CCCc1ccc(C(C)Nc2cccc(C)c2C)cc1. The molecule has 1 nitrogen and oxygen atoms in total. The lowest BCUT2D eigenvalue weighted by Gasteiger charge is -2.18. The van der Waals surface area contributed by atoms with Crippen molar-refractivity contribution in [3.8, 4) is 0 Å². The summed E-state index contributed by atoms with van der Waals surface area (Å²) in [5.74, 6) is 0. The maximum Gasteiger partial charge on any atom is 0.0485 e. The number of nitrogens with one attached hydrogen (secondary N) is 1. The van der Waals surface area contributed by atoms with E-state index in [-0.39, 0.29) is 0 Å². The average molecular weight is 267 g/mol. The van der Waals surface area contributed by atoms with Crippen LogP contribution in [0.2, 0.25) is 0 Å². The third-order valence-electron chi connectivity index (χ3n) is 4.00. The molecule has 0 aromatic heterocycles. The van der Waals surface area contributed by atoms with Crippen LogP contribution in [0.25, 0.3) is 0 Å². The van der Waals surface area contributed by atoms with Gasteiger partial charge in [-0.1, -0.05) is 49.7 Å². The predicted molar refractivity (Wildman–Crippen MR) is 88.4 cm³/mol. The highest BCUT2D eigenvalue weighted by atomic mass is 14.9. The minimum atomic E-state index is 0.325. The number of aryl methyl sites for hydroxylation is 2. The maximum atomic E-state index is 3.62. The molecule has 1 N–H and O–H groups in total. The second-order valence-electron chi connectivity index (χ2n) is 5.61. The minimum Gasteiger partial charge on any atom is -0.378 e. The first-order valence-corrected chi connectivity index (χ1v) is 7.53. The van der Waals surface area contributed by atoms with E-state index < -0.39 is 0 Å². The molecule has 2 rings (SSSR count). The van der Waals surface area contributed by atoms with Gasteiger partial charge in [0, 0.05) is 11.7 Å². The van der Waals surface area contributed by atoms with Crippen molar-refractivity contribution < 1.29 is 0 Å². The Kier molecular flexibility index (Phi) is 4.84. The van der Waals surface area contributed by atoms with Crippen molar-refractivity contribution in [1.29, 1.82) is 0 Å². The van der Waals surface area contributed by atoms with Crippen LogP contribution in [-0.2, 0) is 6.42 Å². The Hall–Kier alpha value is -1.76. The van der Waals surface area contributed by atoms with Gasteiger partial charge in [0.05, 0.1) is 0 Å². The molecule has 0 amide bonds. The first-order valence-electron chi connectivity index (χ1n) is 7.53. The number of hydrogen-bond donors (Lipinski definition) is 1. The molecular weight excluding hydrogens is 242 g/mol. The van der Waals surface area contributed by atoms with Crippen LogP contribution >= 0.6 is 0 Å².